The standard InChI is InChI=1S/C12H23N3S/c1-4-10-7-15-11(16-10)8-14-9-12(13,5-2)6-3/h7,14H,4-6,8-9,13H2,1-3H3. The van der Waals surface area contributed by atoms with E-state index in [4.69, 9.17) is 5.73 Å². The minimum atomic E-state index is -0.0646. The minimum Gasteiger partial charge on any atom is -0.324 e. The molecule has 0 amide bonds. The Kier molecular flexibility index (Phi) is 5.38. The molecule has 1 rings (SSSR count). The van der Waals surface area contributed by atoms with Crippen molar-refractivity contribution in [2.24, 2.45) is 5.73 Å². The van der Waals surface area contributed by atoms with E-state index >= 15 is 0 Å². The molecule has 0 aromatic carbocycles. The van der Waals surface area contributed by atoms with Crippen molar-refractivity contribution >= 4 is 11.3 Å². The Bertz CT molecular complexity index is 305. The van der Waals surface area contributed by atoms with Gasteiger partial charge >= 0.3 is 0 Å². The molecule has 1 aromatic rings. The van der Waals surface area contributed by atoms with Crippen molar-refractivity contribution < 1.29 is 0 Å². The van der Waals surface area contributed by atoms with E-state index in [2.05, 4.69) is 31.1 Å². The Hall–Kier alpha value is -0.450. The van der Waals surface area contributed by atoms with Gasteiger partial charge < -0.3 is 11.1 Å². The highest BCUT2D eigenvalue weighted by Crippen LogP contribution is 2.14. The van der Waals surface area contributed by atoms with Crippen molar-refractivity contribution in [2.75, 3.05) is 6.54 Å². The smallest absolute Gasteiger partial charge is 0.107 e. The summed E-state index contributed by atoms with van der Waals surface area (Å²) in [5, 5.41) is 4.56. The van der Waals surface area contributed by atoms with Crippen LogP contribution in [0, 0.1) is 0 Å². The number of hydrogen-bond acceptors (Lipinski definition) is 4. The maximum Gasteiger partial charge on any atom is 0.107 e. The summed E-state index contributed by atoms with van der Waals surface area (Å²) < 4.78 is 0. The van der Waals surface area contributed by atoms with Crippen LogP contribution in [0.3, 0.4) is 0 Å². The summed E-state index contributed by atoms with van der Waals surface area (Å²) >= 11 is 1.78. The first kappa shape index (κ1) is 13.6. The molecule has 3 nitrogen and oxygen atoms in total. The third kappa shape index (κ3) is 3.85. The van der Waals surface area contributed by atoms with Gasteiger partial charge in [-0.2, -0.15) is 0 Å². The van der Waals surface area contributed by atoms with E-state index in [0.29, 0.717) is 0 Å². The lowest BCUT2D eigenvalue weighted by Gasteiger charge is -2.26. The average molecular weight is 241 g/mol. The predicted octanol–water partition coefficient (Wildman–Crippen LogP) is 2.31. The topological polar surface area (TPSA) is 50.9 Å². The summed E-state index contributed by atoms with van der Waals surface area (Å²) in [6.45, 7) is 8.14. The van der Waals surface area contributed by atoms with Crippen molar-refractivity contribution in [1.82, 2.24) is 10.3 Å². The van der Waals surface area contributed by atoms with Crippen LogP contribution in [0.4, 0.5) is 0 Å². The fourth-order valence-corrected chi connectivity index (χ4v) is 2.34. The fourth-order valence-electron chi connectivity index (χ4n) is 1.51. The molecule has 0 aliphatic carbocycles. The maximum atomic E-state index is 6.21. The molecule has 16 heavy (non-hydrogen) atoms. The first-order valence-electron chi connectivity index (χ1n) is 6.06. The molecule has 0 saturated heterocycles. The Morgan fingerprint density at radius 2 is 2.06 bits per heavy atom. The van der Waals surface area contributed by atoms with Gasteiger partial charge in [-0.1, -0.05) is 20.8 Å². The van der Waals surface area contributed by atoms with Crippen LogP contribution in [0.5, 0.6) is 0 Å². The zero-order valence-corrected chi connectivity index (χ0v) is 11.4. The van der Waals surface area contributed by atoms with E-state index < -0.39 is 0 Å². The van der Waals surface area contributed by atoms with Gasteiger partial charge in [-0.25, -0.2) is 4.98 Å². The Morgan fingerprint density at radius 3 is 2.56 bits per heavy atom. The van der Waals surface area contributed by atoms with E-state index in [0.717, 1.165) is 37.4 Å². The molecule has 4 heteroatoms. The molecule has 0 spiro atoms. The molecule has 1 aromatic heterocycles. The quantitative estimate of drug-likeness (QED) is 0.770. The zero-order valence-electron chi connectivity index (χ0n) is 10.5. The van der Waals surface area contributed by atoms with Crippen molar-refractivity contribution in [3.05, 3.63) is 16.1 Å². The largest absolute Gasteiger partial charge is 0.324 e. The van der Waals surface area contributed by atoms with Gasteiger partial charge in [-0.3, -0.25) is 0 Å². The SMILES string of the molecule is CCc1cnc(CNCC(N)(CC)CC)s1. The first-order valence-corrected chi connectivity index (χ1v) is 6.88. The van der Waals surface area contributed by atoms with Crippen molar-refractivity contribution in [1.29, 1.82) is 0 Å². The molecular formula is C12H23N3S. The van der Waals surface area contributed by atoms with E-state index in [1.165, 1.54) is 4.88 Å². The number of nitrogens with zero attached hydrogens (tertiary/aromatic N) is 1. The number of thiazole rings is 1. The molecule has 0 aliphatic rings. The second kappa shape index (κ2) is 6.33. The molecule has 0 atom stereocenters. The number of nitrogens with two attached hydrogens (primary N) is 1. The summed E-state index contributed by atoms with van der Waals surface area (Å²) in [6.07, 6.45) is 5.06. The molecule has 92 valence electrons. The predicted molar refractivity (Wildman–Crippen MR) is 70.7 cm³/mol. The fraction of sp³-hybridized carbons (Fsp3) is 0.750. The van der Waals surface area contributed by atoms with Crippen LogP contribution >= 0.6 is 11.3 Å². The first-order chi connectivity index (χ1) is 7.63. The molecule has 0 saturated carbocycles. The van der Waals surface area contributed by atoms with Crippen LogP contribution in [0.15, 0.2) is 6.20 Å². The summed E-state index contributed by atoms with van der Waals surface area (Å²) in [5.41, 5.74) is 6.15. The zero-order chi connectivity index (χ0) is 12.0. The normalized spacial score (nSPS) is 12.0. The molecule has 3 N–H and O–H groups in total. The van der Waals surface area contributed by atoms with E-state index in [-0.39, 0.29) is 5.54 Å². The van der Waals surface area contributed by atoms with E-state index in [1.54, 1.807) is 11.3 Å². The molecule has 0 fully saturated rings. The van der Waals surface area contributed by atoms with Gasteiger partial charge in [0.05, 0.1) is 0 Å². The average Bonchev–Trinajstić information content (AvgIpc) is 2.77. The van der Waals surface area contributed by atoms with Crippen LogP contribution in [-0.2, 0) is 13.0 Å². The van der Waals surface area contributed by atoms with Crippen molar-refractivity contribution in [3.63, 3.8) is 0 Å². The number of aryl methyl sites for hydroxylation is 1. The lowest BCUT2D eigenvalue weighted by atomic mass is 9.94. The number of nitrogens with one attached hydrogen (secondary N) is 1. The Labute approximate surface area is 102 Å². The van der Waals surface area contributed by atoms with Gasteiger partial charge in [0.25, 0.3) is 0 Å². The summed E-state index contributed by atoms with van der Waals surface area (Å²) in [5.74, 6) is 0. The van der Waals surface area contributed by atoms with Gasteiger partial charge in [0.15, 0.2) is 0 Å². The molecule has 0 bridgehead atoms. The molecule has 0 aliphatic heterocycles. The molecular weight excluding hydrogens is 218 g/mol. The van der Waals surface area contributed by atoms with Crippen LogP contribution in [0.2, 0.25) is 0 Å². The van der Waals surface area contributed by atoms with Gasteiger partial charge in [0.1, 0.15) is 5.01 Å². The minimum absolute atomic E-state index is 0.0646. The van der Waals surface area contributed by atoms with Gasteiger partial charge in [0, 0.05) is 29.7 Å². The highest BCUT2D eigenvalue weighted by molar-refractivity contribution is 7.11. The van der Waals surface area contributed by atoms with Crippen LogP contribution in [-0.4, -0.2) is 17.1 Å². The van der Waals surface area contributed by atoms with Crippen LogP contribution in [0.1, 0.15) is 43.5 Å². The second-order valence-electron chi connectivity index (χ2n) is 4.25. The van der Waals surface area contributed by atoms with Crippen molar-refractivity contribution in [3.8, 4) is 0 Å². The number of hydrogen-bond donors (Lipinski definition) is 2. The van der Waals surface area contributed by atoms with Crippen molar-refractivity contribution in [2.45, 2.75) is 52.1 Å². The Morgan fingerprint density at radius 1 is 1.38 bits per heavy atom. The van der Waals surface area contributed by atoms with E-state index in [1.807, 2.05) is 6.20 Å². The lowest BCUT2D eigenvalue weighted by molar-refractivity contribution is 0.369. The number of aromatic nitrogens is 1. The maximum absolute atomic E-state index is 6.21. The number of rotatable bonds is 7. The molecule has 0 unspecified atom stereocenters. The van der Waals surface area contributed by atoms with Gasteiger partial charge in [0.2, 0.25) is 0 Å². The molecule has 1 heterocycles. The monoisotopic (exact) mass is 241 g/mol. The van der Waals surface area contributed by atoms with Gasteiger partial charge in [-0.15, -0.1) is 11.3 Å². The Balaban J connectivity index is 2.35. The highest BCUT2D eigenvalue weighted by atomic mass is 32.1. The summed E-state index contributed by atoms with van der Waals surface area (Å²) in [7, 11) is 0. The highest BCUT2D eigenvalue weighted by Gasteiger charge is 2.19. The molecule has 0 radical (unpaired) electrons. The van der Waals surface area contributed by atoms with E-state index in [9.17, 15) is 0 Å². The second-order valence-corrected chi connectivity index (χ2v) is 5.45. The third-order valence-electron chi connectivity index (χ3n) is 3.11. The summed E-state index contributed by atoms with van der Waals surface area (Å²) in [4.78, 5) is 5.72. The van der Waals surface area contributed by atoms with Crippen LogP contribution < -0.4 is 11.1 Å². The lowest BCUT2D eigenvalue weighted by Crippen LogP contribution is -2.47. The summed E-state index contributed by atoms with van der Waals surface area (Å²) in [6, 6.07) is 0. The third-order valence-corrected chi connectivity index (χ3v) is 4.25. The van der Waals surface area contributed by atoms with Crippen LogP contribution in [0.25, 0.3) is 0 Å². The van der Waals surface area contributed by atoms with Gasteiger partial charge in [-0.05, 0) is 19.3 Å².